The molecule has 2 heterocycles. The molecule has 0 saturated carbocycles. The largest absolute Gasteiger partial charge is 0.384 e. The van der Waals surface area contributed by atoms with Crippen LogP contribution in [0.5, 0.6) is 0 Å². The average Bonchev–Trinajstić information content (AvgIpc) is 2.81. The lowest BCUT2D eigenvalue weighted by Gasteiger charge is -2.14. The molecular weight excluding hydrogens is 458 g/mol. The van der Waals surface area contributed by atoms with Crippen LogP contribution >= 0.6 is 11.8 Å². The molecule has 2 aromatic heterocycles. The van der Waals surface area contributed by atoms with Crippen LogP contribution < -0.4 is 22.5 Å². The molecule has 10 nitrogen and oxygen atoms in total. The fraction of sp³-hybridized carbons (Fsp3) is 0.435. The zero-order chi connectivity index (χ0) is 24.7. The Kier molecular flexibility index (Phi) is 8.83. The topological polar surface area (TPSA) is 142 Å². The molecule has 3 N–H and O–H groups in total. The summed E-state index contributed by atoms with van der Waals surface area (Å²) in [6, 6.07) is 7.06. The SMILES string of the molecule is CCCCCCn1c(SCC(=O)c2c(N)n(CCOC)c(=O)[nH]c2=O)nc2ccccc2c1=O. The van der Waals surface area contributed by atoms with Crippen LogP contribution in [0.25, 0.3) is 10.9 Å². The Morgan fingerprint density at radius 1 is 1.12 bits per heavy atom. The van der Waals surface area contributed by atoms with Crippen molar-refractivity contribution in [2.45, 2.75) is 50.9 Å². The zero-order valence-corrected chi connectivity index (χ0v) is 20.2. The van der Waals surface area contributed by atoms with E-state index in [0.29, 0.717) is 22.6 Å². The molecular formula is C23H29N5O5S. The van der Waals surface area contributed by atoms with Gasteiger partial charge in [-0.2, -0.15) is 0 Å². The van der Waals surface area contributed by atoms with Gasteiger partial charge in [-0.3, -0.25) is 28.5 Å². The van der Waals surface area contributed by atoms with Gasteiger partial charge >= 0.3 is 5.69 Å². The number of anilines is 1. The van der Waals surface area contributed by atoms with E-state index in [0.717, 1.165) is 42.0 Å². The number of nitrogens with zero attached hydrogens (tertiary/aromatic N) is 3. The molecule has 0 unspecified atom stereocenters. The van der Waals surface area contributed by atoms with Gasteiger partial charge in [0.15, 0.2) is 10.9 Å². The predicted octanol–water partition coefficient (Wildman–Crippen LogP) is 2.03. The lowest BCUT2D eigenvalue weighted by molar-refractivity contribution is 0.102. The van der Waals surface area contributed by atoms with Crippen LogP contribution in [0.2, 0.25) is 0 Å². The number of aromatic amines is 1. The Hall–Kier alpha value is -3.18. The number of ketones is 1. The highest BCUT2D eigenvalue weighted by molar-refractivity contribution is 7.99. The fourth-order valence-corrected chi connectivity index (χ4v) is 4.51. The number of fused-ring (bicyclic) bond motifs is 1. The number of nitrogen functional groups attached to an aromatic ring is 1. The van der Waals surface area contributed by atoms with Gasteiger partial charge in [-0.25, -0.2) is 9.78 Å². The normalized spacial score (nSPS) is 11.2. The van der Waals surface area contributed by atoms with Crippen molar-refractivity contribution in [2.24, 2.45) is 0 Å². The number of ether oxygens (including phenoxy) is 1. The van der Waals surface area contributed by atoms with E-state index < -0.39 is 17.0 Å². The van der Waals surface area contributed by atoms with Crippen LogP contribution in [0.4, 0.5) is 5.82 Å². The van der Waals surface area contributed by atoms with Crippen molar-refractivity contribution < 1.29 is 9.53 Å². The number of nitrogens with one attached hydrogen (secondary N) is 1. The highest BCUT2D eigenvalue weighted by Gasteiger charge is 2.21. The Bertz CT molecular complexity index is 1340. The number of carbonyl (C=O) groups excluding carboxylic acids is 1. The summed E-state index contributed by atoms with van der Waals surface area (Å²) in [6.45, 7) is 2.87. The number of H-pyrrole nitrogens is 1. The third-order valence-corrected chi connectivity index (χ3v) is 6.41. The first-order chi connectivity index (χ1) is 16.4. The third kappa shape index (κ3) is 5.65. The monoisotopic (exact) mass is 487 g/mol. The standard InChI is InChI=1S/C23H29N5O5S/c1-3-4-5-8-11-28-21(31)15-9-6-7-10-16(15)25-23(28)34-14-17(29)18-19(24)27(12-13-33-2)22(32)26-20(18)30/h6-7,9-10H,3-5,8,11-14,24H2,1-2H3,(H,26,30,32). The smallest absolute Gasteiger partial charge is 0.330 e. The molecule has 0 fully saturated rings. The number of para-hydroxylation sites is 1. The number of hydrogen-bond acceptors (Lipinski definition) is 8. The maximum atomic E-state index is 13.1. The molecule has 1 aromatic carbocycles. The summed E-state index contributed by atoms with van der Waals surface area (Å²) in [5, 5.41) is 0.913. The molecule has 0 aliphatic carbocycles. The van der Waals surface area contributed by atoms with Gasteiger partial charge in [-0.1, -0.05) is 50.1 Å². The van der Waals surface area contributed by atoms with Crippen molar-refractivity contribution in [2.75, 3.05) is 25.2 Å². The number of carbonyl (C=O) groups is 1. The van der Waals surface area contributed by atoms with Gasteiger partial charge in [0.05, 0.1) is 29.8 Å². The second-order valence-corrected chi connectivity index (χ2v) is 8.75. The molecule has 0 saturated heterocycles. The Balaban J connectivity index is 1.91. The summed E-state index contributed by atoms with van der Waals surface area (Å²) in [5.41, 5.74) is 4.54. The molecule has 0 amide bonds. The second-order valence-electron chi connectivity index (χ2n) is 7.80. The Labute approximate surface area is 200 Å². The summed E-state index contributed by atoms with van der Waals surface area (Å²) >= 11 is 1.07. The minimum absolute atomic E-state index is 0.0922. The molecule has 0 radical (unpaired) electrons. The number of nitrogens with two attached hydrogens (primary N) is 1. The summed E-state index contributed by atoms with van der Waals surface area (Å²) in [4.78, 5) is 57.3. The highest BCUT2D eigenvalue weighted by Crippen LogP contribution is 2.20. The van der Waals surface area contributed by atoms with Crippen LogP contribution in [0, 0.1) is 0 Å². The van der Waals surface area contributed by atoms with Gasteiger partial charge in [0, 0.05) is 13.7 Å². The van der Waals surface area contributed by atoms with Crippen molar-refractivity contribution in [1.82, 2.24) is 19.1 Å². The molecule has 11 heteroatoms. The number of aromatic nitrogens is 4. The van der Waals surface area contributed by atoms with E-state index >= 15 is 0 Å². The first-order valence-electron chi connectivity index (χ1n) is 11.2. The number of unbranched alkanes of at least 4 members (excludes halogenated alkanes) is 3. The van der Waals surface area contributed by atoms with Crippen molar-refractivity contribution in [3.8, 4) is 0 Å². The summed E-state index contributed by atoms with van der Waals surface area (Å²) < 4.78 is 7.65. The van der Waals surface area contributed by atoms with Crippen molar-refractivity contribution in [1.29, 1.82) is 0 Å². The van der Waals surface area contributed by atoms with Gasteiger partial charge in [0.2, 0.25) is 0 Å². The molecule has 0 bridgehead atoms. The number of Topliss-reactive ketones (excluding diaryl/α,β-unsaturated/α-hetero) is 1. The van der Waals surface area contributed by atoms with Crippen LogP contribution in [-0.2, 0) is 17.8 Å². The maximum absolute atomic E-state index is 13.1. The number of thioether (sulfide) groups is 1. The highest BCUT2D eigenvalue weighted by atomic mass is 32.2. The maximum Gasteiger partial charge on any atom is 0.330 e. The number of methoxy groups -OCH3 is 1. The molecule has 3 aromatic rings. The Morgan fingerprint density at radius 2 is 1.88 bits per heavy atom. The van der Waals surface area contributed by atoms with Crippen molar-refractivity contribution >= 4 is 34.3 Å². The second kappa shape index (κ2) is 11.8. The van der Waals surface area contributed by atoms with Gasteiger partial charge in [-0.15, -0.1) is 0 Å². The molecule has 34 heavy (non-hydrogen) atoms. The lowest BCUT2D eigenvalue weighted by atomic mass is 10.2. The van der Waals surface area contributed by atoms with Gasteiger partial charge < -0.3 is 10.5 Å². The van der Waals surface area contributed by atoms with E-state index in [1.54, 1.807) is 28.8 Å². The first kappa shape index (κ1) is 25.4. The summed E-state index contributed by atoms with van der Waals surface area (Å²) in [7, 11) is 1.47. The van der Waals surface area contributed by atoms with E-state index in [1.807, 2.05) is 0 Å². The number of hydrogen-bond donors (Lipinski definition) is 2. The zero-order valence-electron chi connectivity index (χ0n) is 19.3. The van der Waals surface area contributed by atoms with E-state index in [1.165, 1.54) is 7.11 Å². The summed E-state index contributed by atoms with van der Waals surface area (Å²) in [6.07, 6.45) is 3.93. The molecule has 0 aliphatic heterocycles. The van der Waals surface area contributed by atoms with Crippen molar-refractivity contribution in [3.63, 3.8) is 0 Å². The summed E-state index contributed by atoms with van der Waals surface area (Å²) in [5.74, 6) is -0.940. The van der Waals surface area contributed by atoms with Crippen LogP contribution in [0.15, 0.2) is 43.8 Å². The van der Waals surface area contributed by atoms with Crippen LogP contribution in [0.3, 0.4) is 0 Å². The van der Waals surface area contributed by atoms with Crippen molar-refractivity contribution in [3.05, 3.63) is 61.0 Å². The molecule has 0 atom stereocenters. The third-order valence-electron chi connectivity index (χ3n) is 5.43. The molecule has 0 aliphatic rings. The van der Waals surface area contributed by atoms with Gasteiger partial charge in [-0.05, 0) is 18.6 Å². The lowest BCUT2D eigenvalue weighted by Crippen LogP contribution is -2.37. The number of rotatable bonds is 12. The minimum Gasteiger partial charge on any atom is -0.384 e. The first-order valence-corrected chi connectivity index (χ1v) is 12.1. The van der Waals surface area contributed by atoms with E-state index in [2.05, 4.69) is 16.9 Å². The van der Waals surface area contributed by atoms with Crippen LogP contribution in [-0.4, -0.2) is 44.4 Å². The molecule has 182 valence electrons. The van der Waals surface area contributed by atoms with Crippen LogP contribution in [0.1, 0.15) is 43.0 Å². The van der Waals surface area contributed by atoms with E-state index in [9.17, 15) is 19.2 Å². The predicted molar refractivity (Wildman–Crippen MR) is 133 cm³/mol. The Morgan fingerprint density at radius 3 is 2.62 bits per heavy atom. The minimum atomic E-state index is -0.842. The average molecular weight is 488 g/mol. The quantitative estimate of drug-likeness (QED) is 0.171. The van der Waals surface area contributed by atoms with E-state index in [-0.39, 0.29) is 35.8 Å². The van der Waals surface area contributed by atoms with Gasteiger partial charge in [0.25, 0.3) is 11.1 Å². The molecule has 0 spiro atoms. The molecule has 3 rings (SSSR count). The van der Waals surface area contributed by atoms with Gasteiger partial charge in [0.1, 0.15) is 11.4 Å². The fourth-order valence-electron chi connectivity index (χ4n) is 3.62. The number of benzene rings is 1. The van der Waals surface area contributed by atoms with E-state index in [4.69, 9.17) is 10.5 Å².